The second-order valence-electron chi connectivity index (χ2n) is 4.98. The molecular formula is C14H20F3NO. The Balaban J connectivity index is 2.84. The highest BCUT2D eigenvalue weighted by atomic mass is 19.4. The maximum Gasteiger partial charge on any atom is 0.396 e. The van der Waals surface area contributed by atoms with Crippen LogP contribution in [0.15, 0.2) is 18.2 Å². The maximum absolute atomic E-state index is 12.6. The molecule has 0 saturated carbocycles. The van der Waals surface area contributed by atoms with Gasteiger partial charge in [-0.05, 0) is 30.0 Å². The quantitative estimate of drug-likeness (QED) is 0.890. The van der Waals surface area contributed by atoms with Crippen LogP contribution in [0, 0.1) is 12.8 Å². The molecule has 19 heavy (non-hydrogen) atoms. The van der Waals surface area contributed by atoms with Crippen molar-refractivity contribution in [2.24, 2.45) is 11.7 Å². The van der Waals surface area contributed by atoms with Gasteiger partial charge in [-0.25, -0.2) is 0 Å². The summed E-state index contributed by atoms with van der Waals surface area (Å²) in [7, 11) is 0. The molecule has 1 aromatic rings. The van der Waals surface area contributed by atoms with Crippen LogP contribution in [-0.2, 0) is 0 Å². The number of aryl methyl sites for hydroxylation is 1. The lowest BCUT2D eigenvalue weighted by molar-refractivity contribution is -0.178. The van der Waals surface area contributed by atoms with Crippen LogP contribution >= 0.6 is 0 Å². The number of alkyl halides is 3. The molecule has 0 saturated heterocycles. The van der Waals surface area contributed by atoms with Crippen LogP contribution in [0.25, 0.3) is 0 Å². The van der Waals surface area contributed by atoms with Gasteiger partial charge in [0.1, 0.15) is 18.3 Å². The van der Waals surface area contributed by atoms with Gasteiger partial charge in [0.05, 0.1) is 0 Å². The Morgan fingerprint density at radius 1 is 1.26 bits per heavy atom. The van der Waals surface area contributed by atoms with Crippen LogP contribution in [0.5, 0.6) is 5.75 Å². The molecule has 1 rings (SSSR count). The van der Waals surface area contributed by atoms with Gasteiger partial charge in [0.25, 0.3) is 0 Å². The summed E-state index contributed by atoms with van der Waals surface area (Å²) in [5, 5.41) is 0. The van der Waals surface area contributed by atoms with Gasteiger partial charge in [0.2, 0.25) is 0 Å². The molecule has 1 aromatic carbocycles. The van der Waals surface area contributed by atoms with E-state index >= 15 is 0 Å². The maximum atomic E-state index is 12.6. The summed E-state index contributed by atoms with van der Waals surface area (Å²) in [4.78, 5) is 0. The second kappa shape index (κ2) is 6.28. The number of hydrogen-bond donors (Lipinski definition) is 1. The Kier molecular flexibility index (Phi) is 5.23. The smallest absolute Gasteiger partial charge is 0.396 e. The molecule has 0 radical (unpaired) electrons. The normalized spacial score (nSPS) is 13.7. The van der Waals surface area contributed by atoms with Gasteiger partial charge in [0, 0.05) is 6.54 Å². The van der Waals surface area contributed by atoms with Crippen molar-refractivity contribution in [3.05, 3.63) is 29.3 Å². The molecule has 0 aliphatic carbocycles. The van der Waals surface area contributed by atoms with Gasteiger partial charge in [-0.3, -0.25) is 0 Å². The van der Waals surface area contributed by atoms with E-state index in [-0.39, 0.29) is 5.92 Å². The van der Waals surface area contributed by atoms with Crippen molar-refractivity contribution in [3.8, 4) is 5.75 Å². The molecule has 1 atom stereocenters. The fourth-order valence-corrected chi connectivity index (χ4v) is 1.73. The molecule has 0 aliphatic rings. The molecule has 2 nitrogen and oxygen atoms in total. The number of nitrogens with two attached hydrogens (primary N) is 1. The number of halogens is 3. The van der Waals surface area contributed by atoms with Crippen molar-refractivity contribution >= 4 is 0 Å². The van der Waals surface area contributed by atoms with Crippen LogP contribution in [0.1, 0.15) is 30.9 Å². The van der Waals surface area contributed by atoms with Crippen molar-refractivity contribution in [2.75, 3.05) is 13.2 Å². The molecule has 108 valence electrons. The molecular weight excluding hydrogens is 255 g/mol. The molecule has 0 bridgehead atoms. The first kappa shape index (κ1) is 15.8. The number of hydrogen-bond acceptors (Lipinski definition) is 2. The SMILES string of the molecule is Cc1ccc(C(C)C)c(OCC(CN)C(F)(F)F)c1. The monoisotopic (exact) mass is 275 g/mol. The third kappa shape index (κ3) is 4.42. The van der Waals surface area contributed by atoms with E-state index in [0.29, 0.717) is 5.75 Å². The van der Waals surface area contributed by atoms with Gasteiger partial charge in [-0.2, -0.15) is 13.2 Å². The van der Waals surface area contributed by atoms with Gasteiger partial charge in [-0.1, -0.05) is 26.0 Å². The van der Waals surface area contributed by atoms with Crippen molar-refractivity contribution < 1.29 is 17.9 Å². The Labute approximate surface area is 111 Å². The molecule has 0 amide bonds. The summed E-state index contributed by atoms with van der Waals surface area (Å²) in [5.41, 5.74) is 7.01. The fourth-order valence-electron chi connectivity index (χ4n) is 1.73. The van der Waals surface area contributed by atoms with E-state index in [4.69, 9.17) is 10.5 Å². The van der Waals surface area contributed by atoms with Gasteiger partial charge >= 0.3 is 6.18 Å². The number of benzene rings is 1. The van der Waals surface area contributed by atoms with Crippen molar-refractivity contribution in [3.63, 3.8) is 0 Å². The van der Waals surface area contributed by atoms with Crippen LogP contribution in [0.3, 0.4) is 0 Å². The van der Waals surface area contributed by atoms with E-state index in [2.05, 4.69) is 0 Å². The Bertz CT molecular complexity index is 416. The Morgan fingerprint density at radius 3 is 2.37 bits per heavy atom. The summed E-state index contributed by atoms with van der Waals surface area (Å²) in [6.45, 7) is 4.92. The van der Waals surface area contributed by atoms with Crippen molar-refractivity contribution in [1.82, 2.24) is 0 Å². The van der Waals surface area contributed by atoms with Crippen LogP contribution in [0.2, 0.25) is 0 Å². The summed E-state index contributed by atoms with van der Waals surface area (Å²) in [6.07, 6.45) is -4.32. The van der Waals surface area contributed by atoms with Crippen LogP contribution in [0.4, 0.5) is 13.2 Å². The van der Waals surface area contributed by atoms with E-state index in [1.54, 1.807) is 6.07 Å². The highest BCUT2D eigenvalue weighted by Crippen LogP contribution is 2.30. The fraction of sp³-hybridized carbons (Fsp3) is 0.571. The van der Waals surface area contributed by atoms with E-state index < -0.39 is 25.2 Å². The minimum atomic E-state index is -4.32. The number of rotatable bonds is 5. The highest BCUT2D eigenvalue weighted by Gasteiger charge is 2.39. The van der Waals surface area contributed by atoms with E-state index in [9.17, 15) is 13.2 Å². The molecule has 0 aromatic heterocycles. The predicted molar refractivity (Wildman–Crippen MR) is 69.4 cm³/mol. The topological polar surface area (TPSA) is 35.2 Å². The van der Waals surface area contributed by atoms with Gasteiger partial charge < -0.3 is 10.5 Å². The third-order valence-electron chi connectivity index (χ3n) is 2.98. The lowest BCUT2D eigenvalue weighted by Crippen LogP contribution is -2.35. The lowest BCUT2D eigenvalue weighted by atomic mass is 10.0. The van der Waals surface area contributed by atoms with Crippen molar-refractivity contribution in [2.45, 2.75) is 32.9 Å². The largest absolute Gasteiger partial charge is 0.493 e. The van der Waals surface area contributed by atoms with E-state index in [1.165, 1.54) is 0 Å². The van der Waals surface area contributed by atoms with E-state index in [0.717, 1.165) is 11.1 Å². The third-order valence-corrected chi connectivity index (χ3v) is 2.98. The standard InChI is InChI=1S/C14H20F3NO/c1-9(2)12-5-4-10(3)6-13(12)19-8-11(7-18)14(15,16)17/h4-6,9,11H,7-8,18H2,1-3H3. The Morgan fingerprint density at radius 2 is 1.89 bits per heavy atom. The van der Waals surface area contributed by atoms with E-state index in [1.807, 2.05) is 32.9 Å². The molecule has 0 spiro atoms. The zero-order valence-corrected chi connectivity index (χ0v) is 11.4. The first-order valence-electron chi connectivity index (χ1n) is 6.25. The minimum Gasteiger partial charge on any atom is -0.493 e. The number of ether oxygens (including phenoxy) is 1. The average molecular weight is 275 g/mol. The van der Waals surface area contributed by atoms with Crippen LogP contribution in [-0.4, -0.2) is 19.3 Å². The molecule has 0 aliphatic heterocycles. The highest BCUT2D eigenvalue weighted by molar-refractivity contribution is 5.39. The summed E-state index contributed by atoms with van der Waals surface area (Å²) < 4.78 is 43.2. The molecule has 0 heterocycles. The minimum absolute atomic E-state index is 0.192. The van der Waals surface area contributed by atoms with Crippen molar-refractivity contribution in [1.29, 1.82) is 0 Å². The first-order chi connectivity index (χ1) is 8.75. The van der Waals surface area contributed by atoms with Gasteiger partial charge in [-0.15, -0.1) is 0 Å². The molecule has 1 unspecified atom stereocenters. The predicted octanol–water partition coefficient (Wildman–Crippen LogP) is 3.63. The summed E-state index contributed by atoms with van der Waals surface area (Å²) >= 11 is 0. The lowest BCUT2D eigenvalue weighted by Gasteiger charge is -2.21. The second-order valence-corrected chi connectivity index (χ2v) is 4.98. The van der Waals surface area contributed by atoms with Gasteiger partial charge in [0.15, 0.2) is 0 Å². The average Bonchev–Trinajstić information content (AvgIpc) is 2.27. The first-order valence-corrected chi connectivity index (χ1v) is 6.25. The summed E-state index contributed by atoms with van der Waals surface area (Å²) in [6, 6.07) is 5.58. The summed E-state index contributed by atoms with van der Waals surface area (Å²) in [5.74, 6) is -0.927. The zero-order chi connectivity index (χ0) is 14.6. The molecule has 0 fully saturated rings. The van der Waals surface area contributed by atoms with Crippen LogP contribution < -0.4 is 10.5 Å². The molecule has 5 heteroatoms. The molecule has 2 N–H and O–H groups in total. The zero-order valence-electron chi connectivity index (χ0n) is 11.4. The Hall–Kier alpha value is -1.23.